The zero-order valence-electron chi connectivity index (χ0n) is 16.2. The van der Waals surface area contributed by atoms with Gasteiger partial charge in [-0.2, -0.15) is 0 Å². The predicted octanol–water partition coefficient (Wildman–Crippen LogP) is 3.79. The fourth-order valence-corrected chi connectivity index (χ4v) is 4.33. The predicted molar refractivity (Wildman–Crippen MR) is 104 cm³/mol. The van der Waals surface area contributed by atoms with E-state index >= 15 is 0 Å². The third-order valence-corrected chi connectivity index (χ3v) is 5.74. The molecule has 27 heavy (non-hydrogen) atoms. The molecule has 2 atom stereocenters. The second-order valence-electron chi connectivity index (χ2n) is 7.67. The Morgan fingerprint density at radius 1 is 1.11 bits per heavy atom. The van der Waals surface area contributed by atoms with E-state index in [9.17, 15) is 4.79 Å². The number of hydrogen-bond acceptors (Lipinski definition) is 4. The average molecular weight is 368 g/mol. The normalized spacial score (nSPS) is 22.7. The topological polar surface area (TPSA) is 45.9 Å². The van der Waals surface area contributed by atoms with E-state index in [0.29, 0.717) is 18.6 Å². The van der Waals surface area contributed by atoms with Crippen molar-refractivity contribution in [1.29, 1.82) is 0 Å². The quantitative estimate of drug-likeness (QED) is 0.806. The van der Waals surface area contributed by atoms with Crippen LogP contribution in [0.2, 0.25) is 0 Å². The largest absolute Gasteiger partial charge is 0.494 e. The highest BCUT2D eigenvalue weighted by atomic mass is 16.5. The van der Waals surface area contributed by atoms with Gasteiger partial charge in [-0.1, -0.05) is 0 Å². The van der Waals surface area contributed by atoms with Crippen molar-refractivity contribution in [2.75, 3.05) is 26.2 Å². The Balaban J connectivity index is 1.44. The highest BCUT2D eigenvalue weighted by Gasteiger charge is 2.35. The van der Waals surface area contributed by atoms with Crippen molar-refractivity contribution in [2.45, 2.75) is 39.3 Å². The van der Waals surface area contributed by atoms with E-state index in [0.717, 1.165) is 49.0 Å². The second-order valence-corrected chi connectivity index (χ2v) is 7.67. The van der Waals surface area contributed by atoms with Crippen molar-refractivity contribution in [3.8, 4) is 17.1 Å². The summed E-state index contributed by atoms with van der Waals surface area (Å²) >= 11 is 0. The Hall–Kier alpha value is -2.27. The smallest absolute Gasteiger partial charge is 0.219 e. The van der Waals surface area contributed by atoms with Crippen LogP contribution in [-0.4, -0.2) is 48.0 Å². The summed E-state index contributed by atoms with van der Waals surface area (Å²) in [6.45, 7) is 7.94. The third kappa shape index (κ3) is 4.03. The summed E-state index contributed by atoms with van der Waals surface area (Å²) in [5, 5.41) is 0. The Labute approximate surface area is 160 Å². The van der Waals surface area contributed by atoms with E-state index in [-0.39, 0.29) is 5.91 Å². The van der Waals surface area contributed by atoms with Crippen LogP contribution < -0.4 is 4.74 Å². The Morgan fingerprint density at radius 2 is 1.93 bits per heavy atom. The number of furan rings is 1. The van der Waals surface area contributed by atoms with Gasteiger partial charge in [-0.3, -0.25) is 9.69 Å². The number of nitrogens with zero attached hydrogens (tertiary/aromatic N) is 2. The molecule has 5 heteroatoms. The summed E-state index contributed by atoms with van der Waals surface area (Å²) in [7, 11) is 0. The lowest BCUT2D eigenvalue weighted by atomic mass is 9.95. The molecule has 1 aromatic carbocycles. The van der Waals surface area contributed by atoms with E-state index in [1.165, 1.54) is 12.8 Å². The van der Waals surface area contributed by atoms with Crippen molar-refractivity contribution < 1.29 is 13.9 Å². The van der Waals surface area contributed by atoms with Crippen LogP contribution in [0.3, 0.4) is 0 Å². The summed E-state index contributed by atoms with van der Waals surface area (Å²) in [5.41, 5.74) is 1.06. The molecular formula is C22H28N2O3. The molecule has 3 fully saturated rings. The van der Waals surface area contributed by atoms with Gasteiger partial charge in [0.1, 0.15) is 17.3 Å². The molecule has 1 aromatic heterocycles. The zero-order chi connectivity index (χ0) is 18.8. The number of benzene rings is 1. The molecule has 1 amide bonds. The third-order valence-electron chi connectivity index (χ3n) is 5.74. The van der Waals surface area contributed by atoms with Gasteiger partial charge in [0.25, 0.3) is 0 Å². The molecule has 3 aliphatic rings. The molecule has 2 aromatic rings. The maximum atomic E-state index is 11.8. The molecule has 0 aliphatic carbocycles. The van der Waals surface area contributed by atoms with Gasteiger partial charge >= 0.3 is 0 Å². The number of fused-ring (bicyclic) bond motifs is 4. The van der Waals surface area contributed by atoms with Crippen LogP contribution in [0.4, 0.5) is 0 Å². The van der Waals surface area contributed by atoms with Gasteiger partial charge < -0.3 is 14.1 Å². The van der Waals surface area contributed by atoms with Crippen molar-refractivity contribution in [1.82, 2.24) is 9.80 Å². The first kappa shape index (κ1) is 18.1. The minimum atomic E-state index is 0.199. The summed E-state index contributed by atoms with van der Waals surface area (Å²) < 4.78 is 11.6. The SMILES string of the molecule is CCOc1ccc(-c2ccc(CN3C[C@@H]4CC[C@H]3CN(C(C)=O)C4)o2)cc1. The standard InChI is InChI=1S/C22H28N2O3/c1-3-26-20-8-5-18(6-9-20)22-11-10-21(27-22)15-24-13-17-4-7-19(24)14-23(12-17)16(2)25/h5-6,8-11,17,19H,3-4,7,12-15H2,1-2H3/t17-,19+/m1/s1. The van der Waals surface area contributed by atoms with E-state index in [4.69, 9.17) is 9.15 Å². The maximum absolute atomic E-state index is 11.8. The Bertz CT molecular complexity index is 783. The summed E-state index contributed by atoms with van der Waals surface area (Å²) in [5.74, 6) is 3.53. The fraction of sp³-hybridized carbons (Fsp3) is 0.500. The second kappa shape index (κ2) is 7.77. The molecule has 2 bridgehead atoms. The molecule has 144 valence electrons. The van der Waals surface area contributed by atoms with Crippen LogP contribution in [0, 0.1) is 5.92 Å². The summed E-state index contributed by atoms with van der Waals surface area (Å²) in [4.78, 5) is 16.4. The summed E-state index contributed by atoms with van der Waals surface area (Å²) in [6, 6.07) is 12.6. The monoisotopic (exact) mass is 368 g/mol. The fourth-order valence-electron chi connectivity index (χ4n) is 4.33. The highest BCUT2D eigenvalue weighted by molar-refractivity contribution is 5.73. The zero-order valence-corrected chi connectivity index (χ0v) is 16.2. The Morgan fingerprint density at radius 3 is 2.67 bits per heavy atom. The van der Waals surface area contributed by atoms with Gasteiger partial charge in [-0.05, 0) is 62.1 Å². The van der Waals surface area contributed by atoms with Crippen LogP contribution in [0.1, 0.15) is 32.4 Å². The molecule has 3 saturated heterocycles. The van der Waals surface area contributed by atoms with Crippen LogP contribution in [-0.2, 0) is 11.3 Å². The van der Waals surface area contributed by atoms with E-state index < -0.39 is 0 Å². The lowest BCUT2D eigenvalue weighted by Gasteiger charge is -2.35. The van der Waals surface area contributed by atoms with Gasteiger partial charge in [0.15, 0.2) is 0 Å². The van der Waals surface area contributed by atoms with Crippen molar-refractivity contribution in [3.63, 3.8) is 0 Å². The lowest BCUT2D eigenvalue weighted by Crippen LogP contribution is -2.43. The molecule has 0 N–H and O–H groups in total. The van der Waals surface area contributed by atoms with Crippen LogP contribution in [0.5, 0.6) is 5.75 Å². The maximum Gasteiger partial charge on any atom is 0.219 e. The highest BCUT2D eigenvalue weighted by Crippen LogP contribution is 2.31. The van der Waals surface area contributed by atoms with Gasteiger partial charge in [-0.25, -0.2) is 0 Å². The molecule has 0 unspecified atom stereocenters. The molecule has 0 spiro atoms. The Kier molecular flexibility index (Phi) is 5.21. The van der Waals surface area contributed by atoms with Gasteiger partial charge in [0, 0.05) is 38.2 Å². The number of hydrogen-bond donors (Lipinski definition) is 0. The molecule has 5 nitrogen and oxygen atoms in total. The molecule has 4 heterocycles. The van der Waals surface area contributed by atoms with E-state index in [1.807, 2.05) is 42.2 Å². The van der Waals surface area contributed by atoms with Crippen LogP contribution >= 0.6 is 0 Å². The average Bonchev–Trinajstić information content (AvgIpc) is 2.92. The molecule has 3 aliphatic heterocycles. The van der Waals surface area contributed by atoms with Crippen molar-refractivity contribution >= 4 is 5.91 Å². The molecule has 0 radical (unpaired) electrons. The number of carbonyl (C=O) groups is 1. The number of ether oxygens (including phenoxy) is 1. The van der Waals surface area contributed by atoms with Crippen LogP contribution in [0.25, 0.3) is 11.3 Å². The molecule has 5 rings (SSSR count). The number of amides is 1. The summed E-state index contributed by atoms with van der Waals surface area (Å²) in [6.07, 6.45) is 2.39. The first-order valence-electron chi connectivity index (χ1n) is 9.94. The van der Waals surface area contributed by atoms with Gasteiger partial charge in [-0.15, -0.1) is 0 Å². The van der Waals surface area contributed by atoms with Crippen molar-refractivity contribution in [2.24, 2.45) is 5.92 Å². The van der Waals surface area contributed by atoms with Gasteiger partial charge in [0.2, 0.25) is 5.91 Å². The van der Waals surface area contributed by atoms with Crippen molar-refractivity contribution in [3.05, 3.63) is 42.2 Å². The van der Waals surface area contributed by atoms with E-state index in [1.54, 1.807) is 6.92 Å². The lowest BCUT2D eigenvalue weighted by molar-refractivity contribution is -0.129. The van der Waals surface area contributed by atoms with Gasteiger partial charge in [0.05, 0.1) is 13.2 Å². The van der Waals surface area contributed by atoms with Crippen LogP contribution in [0.15, 0.2) is 40.8 Å². The minimum Gasteiger partial charge on any atom is -0.494 e. The minimum absolute atomic E-state index is 0.199. The first-order chi connectivity index (χ1) is 13.1. The molecule has 0 saturated carbocycles. The number of piperidine rings is 1. The van der Waals surface area contributed by atoms with E-state index in [2.05, 4.69) is 11.0 Å². The molecular weight excluding hydrogens is 340 g/mol. The first-order valence-corrected chi connectivity index (χ1v) is 9.94. The number of rotatable bonds is 5. The number of carbonyl (C=O) groups excluding carboxylic acids is 1.